The Morgan fingerprint density at radius 1 is 0.375 bits per heavy atom. The maximum Gasteiger partial charge on any atom is 0.0998 e. The maximum atomic E-state index is 10.8. The van der Waals surface area contributed by atoms with Crippen LogP contribution in [-0.4, -0.2) is 24.1 Å². The highest BCUT2D eigenvalue weighted by atomic mass is 15.0. The summed E-state index contributed by atoms with van der Waals surface area (Å²) in [6, 6.07) is 70.0. The van der Waals surface area contributed by atoms with Gasteiger partial charge in [-0.3, -0.25) is 15.0 Å². The number of pyridine rings is 3. The molecule has 7 aromatic carbocycles. The quantitative estimate of drug-likeness (QED) is 0.161. The number of para-hydroxylation sites is 2. The van der Waals surface area contributed by atoms with E-state index in [1.165, 1.54) is 0 Å². The van der Waals surface area contributed by atoms with Crippen molar-refractivity contribution in [1.29, 1.82) is 5.26 Å². The van der Waals surface area contributed by atoms with Gasteiger partial charge in [0.2, 0.25) is 0 Å². The van der Waals surface area contributed by atoms with Crippen LogP contribution in [0, 0.1) is 11.3 Å². The number of aromatic nitrogens is 5. The second kappa shape index (κ2) is 15.2. The molecule has 0 atom stereocenters. The molecule has 0 saturated carbocycles. The van der Waals surface area contributed by atoms with Crippen LogP contribution in [0.2, 0.25) is 0 Å². The number of benzene rings is 7. The molecule has 0 amide bonds. The van der Waals surface area contributed by atoms with E-state index in [4.69, 9.17) is 15.0 Å². The molecule has 0 aliphatic heterocycles. The van der Waals surface area contributed by atoms with Gasteiger partial charge in [0.25, 0.3) is 0 Å². The summed E-state index contributed by atoms with van der Waals surface area (Å²) in [5.41, 5.74) is 16.4. The Bertz CT molecular complexity index is 3580. The lowest BCUT2D eigenvalue weighted by Gasteiger charge is -2.20. The van der Waals surface area contributed by atoms with Crippen LogP contribution in [0.15, 0.2) is 219 Å². The molecule has 0 bridgehead atoms. The summed E-state index contributed by atoms with van der Waals surface area (Å²) in [5, 5.41) is 15.3. The molecule has 6 heteroatoms. The number of hydrogen-bond acceptors (Lipinski definition) is 4. The molecule has 64 heavy (non-hydrogen) atoms. The van der Waals surface area contributed by atoms with Gasteiger partial charge in [0.1, 0.15) is 0 Å². The number of fused-ring (bicyclic) bond motifs is 6. The van der Waals surface area contributed by atoms with Crippen molar-refractivity contribution in [3.8, 4) is 73.3 Å². The highest BCUT2D eigenvalue weighted by Crippen LogP contribution is 2.44. The van der Waals surface area contributed by atoms with Crippen molar-refractivity contribution in [2.75, 3.05) is 0 Å². The lowest BCUT2D eigenvalue weighted by atomic mass is 9.97. The summed E-state index contributed by atoms with van der Waals surface area (Å²) in [6.07, 6.45) is 7.67. The third-order valence-electron chi connectivity index (χ3n) is 12.4. The first-order chi connectivity index (χ1) is 31.7. The van der Waals surface area contributed by atoms with E-state index in [0.717, 1.165) is 111 Å². The molecule has 12 rings (SSSR count). The second-order valence-electron chi connectivity index (χ2n) is 16.0. The molecular formula is C58H36N6. The van der Waals surface area contributed by atoms with Crippen LogP contribution in [0.5, 0.6) is 0 Å². The lowest BCUT2D eigenvalue weighted by Crippen LogP contribution is -2.05. The van der Waals surface area contributed by atoms with Gasteiger partial charge in [-0.25, -0.2) is 0 Å². The van der Waals surface area contributed by atoms with Crippen LogP contribution in [0.25, 0.3) is 111 Å². The smallest absolute Gasteiger partial charge is 0.0998 e. The van der Waals surface area contributed by atoms with Crippen LogP contribution in [0.3, 0.4) is 0 Å². The molecule has 298 valence electrons. The lowest BCUT2D eigenvalue weighted by molar-refractivity contribution is 1.09. The third-order valence-corrected chi connectivity index (χ3v) is 12.4. The molecule has 0 saturated heterocycles. The van der Waals surface area contributed by atoms with Gasteiger partial charge in [-0.05, 0) is 76.9 Å². The Morgan fingerprint density at radius 2 is 0.812 bits per heavy atom. The minimum atomic E-state index is 0.578. The Balaban J connectivity index is 1.13. The van der Waals surface area contributed by atoms with E-state index in [0.29, 0.717) is 5.56 Å². The van der Waals surface area contributed by atoms with Gasteiger partial charge >= 0.3 is 0 Å². The number of nitriles is 1. The minimum Gasteiger partial charge on any atom is -0.307 e. The molecular weight excluding hydrogens is 781 g/mol. The summed E-state index contributed by atoms with van der Waals surface area (Å²) in [5.74, 6) is 0. The molecule has 12 aromatic rings. The zero-order valence-corrected chi connectivity index (χ0v) is 34.5. The Kier molecular flexibility index (Phi) is 8.77. The average Bonchev–Trinajstić information content (AvgIpc) is 3.88. The topological polar surface area (TPSA) is 72.3 Å². The van der Waals surface area contributed by atoms with E-state index in [-0.39, 0.29) is 0 Å². The normalized spacial score (nSPS) is 11.4. The van der Waals surface area contributed by atoms with E-state index < -0.39 is 0 Å². The molecule has 0 fully saturated rings. The molecule has 0 spiro atoms. The summed E-state index contributed by atoms with van der Waals surface area (Å²) in [7, 11) is 0. The van der Waals surface area contributed by atoms with Crippen LogP contribution >= 0.6 is 0 Å². The standard InChI is InChI=1S/C58H36N6/c59-35-44-17-7-8-18-45(44)58-56(63-52-21-11-9-19-46(52)48-25-23-40(33-54(48)63)42-27-29-61-50(31-42)38-13-3-1-4-14-38)36-60-37-57(58)64-53-22-12-10-20-47(53)49-26-24-41(34-55(49)64)43-28-30-62-51(32-43)39-15-5-2-6-16-39/h1-34,36-37H. The largest absolute Gasteiger partial charge is 0.307 e. The van der Waals surface area contributed by atoms with Crippen molar-refractivity contribution < 1.29 is 0 Å². The first-order valence-corrected chi connectivity index (χ1v) is 21.3. The van der Waals surface area contributed by atoms with E-state index in [1.807, 2.05) is 79.4 Å². The Morgan fingerprint density at radius 3 is 1.33 bits per heavy atom. The molecule has 5 heterocycles. The molecule has 5 aromatic heterocycles. The van der Waals surface area contributed by atoms with Crippen LogP contribution in [0.4, 0.5) is 0 Å². The van der Waals surface area contributed by atoms with E-state index in [2.05, 4.69) is 155 Å². The van der Waals surface area contributed by atoms with Crippen molar-refractivity contribution in [3.63, 3.8) is 0 Å². The Labute approximate surface area is 369 Å². The molecule has 0 aliphatic carbocycles. The maximum absolute atomic E-state index is 10.8. The number of hydrogen-bond donors (Lipinski definition) is 0. The van der Waals surface area contributed by atoms with Gasteiger partial charge in [0, 0.05) is 56.2 Å². The number of rotatable bonds is 7. The average molecular weight is 817 g/mol. The molecule has 6 nitrogen and oxygen atoms in total. The van der Waals surface area contributed by atoms with Crippen LogP contribution < -0.4 is 0 Å². The highest BCUT2D eigenvalue weighted by Gasteiger charge is 2.24. The molecule has 0 unspecified atom stereocenters. The summed E-state index contributed by atoms with van der Waals surface area (Å²) in [6.45, 7) is 0. The summed E-state index contributed by atoms with van der Waals surface area (Å²) >= 11 is 0. The molecule has 0 aliphatic rings. The zero-order valence-electron chi connectivity index (χ0n) is 34.5. The van der Waals surface area contributed by atoms with Crippen molar-refractivity contribution in [2.45, 2.75) is 0 Å². The minimum absolute atomic E-state index is 0.578. The summed E-state index contributed by atoms with van der Waals surface area (Å²) < 4.78 is 4.66. The fourth-order valence-corrected chi connectivity index (χ4v) is 9.43. The first kappa shape index (κ1) is 36.9. The van der Waals surface area contributed by atoms with Gasteiger partial charge in [-0.1, -0.05) is 140 Å². The molecule has 0 N–H and O–H groups in total. The van der Waals surface area contributed by atoms with E-state index in [9.17, 15) is 5.26 Å². The Hall–Kier alpha value is -8.92. The predicted molar refractivity (Wildman–Crippen MR) is 260 cm³/mol. The highest BCUT2D eigenvalue weighted by molar-refractivity contribution is 6.13. The van der Waals surface area contributed by atoms with Gasteiger partial charge in [-0.15, -0.1) is 0 Å². The number of nitrogens with zero attached hydrogens (tertiary/aromatic N) is 6. The SMILES string of the molecule is N#Cc1ccccc1-c1c(-n2c3ccccc3c3ccc(-c4ccnc(-c5ccccc5)c4)cc32)cncc1-n1c2ccccc2c2ccc(-c3ccnc(-c4ccccc4)c3)cc21. The summed E-state index contributed by atoms with van der Waals surface area (Å²) in [4.78, 5) is 14.5. The second-order valence-corrected chi connectivity index (χ2v) is 16.0. The monoisotopic (exact) mass is 816 g/mol. The van der Waals surface area contributed by atoms with Crippen molar-refractivity contribution in [3.05, 3.63) is 224 Å². The van der Waals surface area contributed by atoms with Crippen molar-refractivity contribution in [2.24, 2.45) is 0 Å². The third kappa shape index (κ3) is 6.06. The molecule has 0 radical (unpaired) electrons. The van der Waals surface area contributed by atoms with E-state index >= 15 is 0 Å². The van der Waals surface area contributed by atoms with Gasteiger partial charge in [0.05, 0.1) is 68.9 Å². The van der Waals surface area contributed by atoms with Crippen molar-refractivity contribution >= 4 is 43.6 Å². The fraction of sp³-hybridized carbons (Fsp3) is 0. The van der Waals surface area contributed by atoms with Gasteiger partial charge in [-0.2, -0.15) is 5.26 Å². The zero-order chi connectivity index (χ0) is 42.6. The van der Waals surface area contributed by atoms with Gasteiger partial charge < -0.3 is 9.13 Å². The van der Waals surface area contributed by atoms with Crippen LogP contribution in [-0.2, 0) is 0 Å². The van der Waals surface area contributed by atoms with Crippen molar-refractivity contribution in [1.82, 2.24) is 24.1 Å². The fourth-order valence-electron chi connectivity index (χ4n) is 9.43. The predicted octanol–water partition coefficient (Wildman–Crippen LogP) is 14.3. The first-order valence-electron chi connectivity index (χ1n) is 21.3. The van der Waals surface area contributed by atoms with E-state index in [1.54, 1.807) is 0 Å². The van der Waals surface area contributed by atoms with Crippen LogP contribution in [0.1, 0.15) is 5.56 Å². The van der Waals surface area contributed by atoms with Gasteiger partial charge in [0.15, 0.2) is 0 Å².